The van der Waals surface area contributed by atoms with Crippen LogP contribution in [0.3, 0.4) is 0 Å². The van der Waals surface area contributed by atoms with Crippen LogP contribution in [0.5, 0.6) is 0 Å². The summed E-state index contributed by atoms with van der Waals surface area (Å²) in [6.45, 7) is 0.355. The number of amides is 2. The van der Waals surface area contributed by atoms with Gasteiger partial charge in [-0.3, -0.25) is 14.9 Å². The van der Waals surface area contributed by atoms with Crippen LogP contribution in [0.1, 0.15) is 11.1 Å². The summed E-state index contributed by atoms with van der Waals surface area (Å²) in [5.74, 6) is -0.315. The lowest BCUT2D eigenvalue weighted by Crippen LogP contribution is -2.31. The van der Waals surface area contributed by atoms with Crippen LogP contribution in [0.4, 0.5) is 0 Å². The Labute approximate surface area is 172 Å². The molecule has 0 aromatic heterocycles. The minimum atomic E-state index is -0.312. The number of halogens is 2. The van der Waals surface area contributed by atoms with Crippen molar-refractivity contribution in [3.63, 3.8) is 0 Å². The zero-order chi connectivity index (χ0) is 19.9. The third kappa shape index (κ3) is 5.58. The van der Waals surface area contributed by atoms with Crippen LogP contribution >= 0.6 is 23.2 Å². The van der Waals surface area contributed by atoms with Gasteiger partial charge in [-0.1, -0.05) is 53.5 Å². The van der Waals surface area contributed by atoms with Crippen molar-refractivity contribution in [1.29, 1.82) is 0 Å². The number of nitrogens with zero attached hydrogens (tertiary/aromatic N) is 1. The van der Waals surface area contributed by atoms with Gasteiger partial charge in [0, 0.05) is 16.6 Å². The molecule has 28 heavy (non-hydrogen) atoms. The molecule has 1 aliphatic heterocycles. The first-order valence-electron chi connectivity index (χ1n) is 8.61. The lowest BCUT2D eigenvalue weighted by molar-refractivity contribution is -0.119. The molecular weight excluding hydrogens is 399 g/mol. The Morgan fingerprint density at radius 3 is 2.57 bits per heavy atom. The van der Waals surface area contributed by atoms with Crippen molar-refractivity contribution in [3.8, 4) is 0 Å². The maximum absolute atomic E-state index is 12.0. The normalized spacial score (nSPS) is 16.1. The summed E-state index contributed by atoms with van der Waals surface area (Å²) in [5.41, 5.74) is 2.14. The number of carbonyl (C=O) groups is 2. The van der Waals surface area contributed by atoms with Crippen molar-refractivity contribution in [2.75, 3.05) is 13.1 Å². The van der Waals surface area contributed by atoms with Gasteiger partial charge < -0.3 is 10.6 Å². The Morgan fingerprint density at radius 1 is 1.07 bits per heavy atom. The largest absolute Gasteiger partial charge is 0.354 e. The number of aliphatic imine (C=N–C) groups is 1. The first-order chi connectivity index (χ1) is 13.5. The molecule has 2 aromatic rings. The van der Waals surface area contributed by atoms with Crippen molar-refractivity contribution in [2.45, 2.75) is 6.42 Å². The molecule has 8 heteroatoms. The molecule has 6 nitrogen and oxygen atoms in total. The summed E-state index contributed by atoms with van der Waals surface area (Å²) in [4.78, 5) is 28.0. The second-order valence-corrected chi connectivity index (χ2v) is 6.89. The van der Waals surface area contributed by atoms with E-state index in [1.807, 2.05) is 24.3 Å². The monoisotopic (exact) mass is 416 g/mol. The highest BCUT2D eigenvalue weighted by molar-refractivity contribution is 6.31. The van der Waals surface area contributed by atoms with Gasteiger partial charge in [0.05, 0.1) is 0 Å². The molecule has 0 unspecified atom stereocenters. The molecule has 144 valence electrons. The fourth-order valence-electron chi connectivity index (χ4n) is 2.54. The van der Waals surface area contributed by atoms with Crippen LogP contribution < -0.4 is 16.0 Å². The Balaban J connectivity index is 1.49. The quantitative estimate of drug-likeness (QED) is 0.633. The zero-order valence-corrected chi connectivity index (χ0v) is 16.3. The van der Waals surface area contributed by atoms with Crippen LogP contribution in [-0.4, -0.2) is 30.9 Å². The van der Waals surface area contributed by atoms with Crippen molar-refractivity contribution in [3.05, 3.63) is 75.4 Å². The molecule has 3 N–H and O–H groups in total. The molecule has 0 aliphatic carbocycles. The molecular formula is C20H18Cl2N4O2. The van der Waals surface area contributed by atoms with Crippen molar-refractivity contribution < 1.29 is 9.59 Å². The van der Waals surface area contributed by atoms with E-state index in [9.17, 15) is 9.59 Å². The Morgan fingerprint density at radius 2 is 1.82 bits per heavy atom. The molecule has 1 heterocycles. The summed E-state index contributed by atoms with van der Waals surface area (Å²) in [6, 6.07) is 14.6. The number of nitrogens with one attached hydrogen (secondary N) is 3. The van der Waals surface area contributed by atoms with Crippen LogP contribution in [0.25, 0.3) is 6.08 Å². The van der Waals surface area contributed by atoms with E-state index in [1.165, 1.54) is 0 Å². The van der Waals surface area contributed by atoms with E-state index in [0.717, 1.165) is 11.1 Å². The maximum Gasteiger partial charge on any atom is 0.274 e. The van der Waals surface area contributed by atoms with Gasteiger partial charge in [0.25, 0.3) is 5.91 Å². The number of hydrogen-bond acceptors (Lipinski definition) is 3. The number of hydrogen-bond donors (Lipinski definition) is 3. The Bertz CT molecular complexity index is 939. The van der Waals surface area contributed by atoms with E-state index < -0.39 is 0 Å². The maximum atomic E-state index is 12.0. The van der Waals surface area contributed by atoms with E-state index >= 15 is 0 Å². The fourth-order valence-corrected chi connectivity index (χ4v) is 2.90. The van der Waals surface area contributed by atoms with Crippen LogP contribution in [0.2, 0.25) is 10.0 Å². The van der Waals surface area contributed by atoms with Crippen molar-refractivity contribution in [2.24, 2.45) is 4.99 Å². The van der Waals surface area contributed by atoms with Crippen molar-refractivity contribution >= 4 is 47.1 Å². The summed E-state index contributed by atoms with van der Waals surface area (Å²) < 4.78 is 0. The number of rotatable bonds is 6. The minimum Gasteiger partial charge on any atom is -0.354 e. The van der Waals surface area contributed by atoms with Crippen molar-refractivity contribution in [1.82, 2.24) is 16.0 Å². The third-order valence-electron chi connectivity index (χ3n) is 3.97. The molecule has 0 bridgehead atoms. The minimum absolute atomic E-state index is 0.0979. The third-order valence-corrected chi connectivity index (χ3v) is 4.59. The first-order valence-corrected chi connectivity index (χ1v) is 9.37. The lowest BCUT2D eigenvalue weighted by Gasteiger charge is -2.05. The van der Waals surface area contributed by atoms with Crippen LogP contribution in [0.15, 0.2) is 59.2 Å². The molecule has 2 amide bonds. The van der Waals surface area contributed by atoms with Gasteiger partial charge in [-0.15, -0.1) is 0 Å². The molecule has 0 atom stereocenters. The summed E-state index contributed by atoms with van der Waals surface area (Å²) in [5, 5.41) is 9.53. The summed E-state index contributed by atoms with van der Waals surface area (Å²) in [6.07, 6.45) is 2.31. The van der Waals surface area contributed by atoms with E-state index in [1.54, 1.807) is 30.3 Å². The fraction of sp³-hybridized carbons (Fsp3) is 0.150. The van der Waals surface area contributed by atoms with E-state index in [2.05, 4.69) is 20.9 Å². The highest BCUT2D eigenvalue weighted by Gasteiger charge is 2.21. The smallest absolute Gasteiger partial charge is 0.274 e. The highest BCUT2D eigenvalue weighted by atomic mass is 35.5. The number of benzene rings is 2. The molecule has 0 saturated carbocycles. The van der Waals surface area contributed by atoms with Gasteiger partial charge in [-0.2, -0.15) is 0 Å². The average Bonchev–Trinajstić information content (AvgIpc) is 3.03. The molecule has 3 rings (SSSR count). The highest BCUT2D eigenvalue weighted by Crippen LogP contribution is 2.15. The van der Waals surface area contributed by atoms with E-state index in [-0.39, 0.29) is 24.3 Å². The number of carbonyl (C=O) groups excluding carboxylic acids is 2. The predicted octanol–water partition coefficient (Wildman–Crippen LogP) is 2.77. The van der Waals surface area contributed by atoms with Gasteiger partial charge in [0.15, 0.2) is 0 Å². The average molecular weight is 417 g/mol. The van der Waals surface area contributed by atoms with Crippen LogP contribution in [0, 0.1) is 0 Å². The predicted molar refractivity (Wildman–Crippen MR) is 111 cm³/mol. The Hall–Kier alpha value is -2.83. The zero-order valence-electron chi connectivity index (χ0n) is 14.8. The van der Waals surface area contributed by atoms with Gasteiger partial charge >= 0.3 is 0 Å². The second kappa shape index (κ2) is 9.39. The summed E-state index contributed by atoms with van der Waals surface area (Å²) in [7, 11) is 0. The Kier molecular flexibility index (Phi) is 6.68. The van der Waals surface area contributed by atoms with Gasteiger partial charge in [-0.05, 0) is 41.8 Å². The SMILES string of the molecule is O=C(CN=C1NC(=O)/C(=C/c2ccc(Cl)cc2)N1)NCCc1ccccc1Cl. The molecule has 0 radical (unpaired) electrons. The molecule has 2 aromatic carbocycles. The van der Waals surface area contributed by atoms with Gasteiger partial charge in [0.2, 0.25) is 11.9 Å². The molecule has 1 aliphatic rings. The standard InChI is InChI=1S/C20H18Cl2N4O2/c21-15-7-5-13(6-8-15)11-17-19(28)26-20(25-17)24-12-18(27)23-10-9-14-3-1-2-4-16(14)22/h1-8,11H,9-10,12H2,(H,23,27)(H2,24,25,26,28)/b17-11-. The second-order valence-electron chi connectivity index (χ2n) is 6.04. The van der Waals surface area contributed by atoms with E-state index in [4.69, 9.17) is 23.2 Å². The molecule has 1 saturated heterocycles. The summed E-state index contributed by atoms with van der Waals surface area (Å²) >= 11 is 11.9. The molecule has 1 fully saturated rings. The van der Waals surface area contributed by atoms with Crippen LogP contribution in [-0.2, 0) is 16.0 Å². The molecule has 0 spiro atoms. The van der Waals surface area contributed by atoms with Gasteiger partial charge in [0.1, 0.15) is 12.2 Å². The van der Waals surface area contributed by atoms with E-state index in [0.29, 0.717) is 28.7 Å². The van der Waals surface area contributed by atoms with Gasteiger partial charge in [-0.25, -0.2) is 4.99 Å². The number of guanidine groups is 1. The first kappa shape index (κ1) is 19.9. The topological polar surface area (TPSA) is 82.6 Å². The lowest BCUT2D eigenvalue weighted by atomic mass is 10.1.